The number of hydrogen-bond acceptors (Lipinski definition) is 5. The first-order chi connectivity index (χ1) is 15.6. The molecule has 3 rings (SSSR count). The van der Waals surface area contributed by atoms with E-state index in [0.29, 0.717) is 10.2 Å². The van der Waals surface area contributed by atoms with Crippen LogP contribution in [0, 0.1) is 12.7 Å². The lowest BCUT2D eigenvalue weighted by atomic mass is 9.97. The lowest BCUT2D eigenvalue weighted by molar-refractivity contribution is -0.121. The first-order valence-corrected chi connectivity index (χ1v) is 13.6. The minimum Gasteiger partial charge on any atom is -0.355 e. The molecule has 7 nitrogen and oxygen atoms in total. The van der Waals surface area contributed by atoms with E-state index < -0.39 is 9.84 Å². The van der Waals surface area contributed by atoms with Crippen molar-refractivity contribution in [2.75, 3.05) is 12.3 Å². The SMILES string of the molecule is Cc1c(Br)cccc1-n1cc(CS(=O)(=O)CCNC(=O)CC(C)c2ccc(F)c(Br)c2)nn1. The molecule has 0 fully saturated rings. The van der Waals surface area contributed by atoms with Crippen molar-refractivity contribution in [3.63, 3.8) is 0 Å². The number of benzene rings is 2. The minimum atomic E-state index is -3.50. The van der Waals surface area contributed by atoms with Gasteiger partial charge in [-0.15, -0.1) is 5.10 Å². The zero-order valence-electron chi connectivity index (χ0n) is 18.1. The molecule has 1 heterocycles. The maximum absolute atomic E-state index is 13.4. The zero-order chi connectivity index (χ0) is 24.2. The van der Waals surface area contributed by atoms with Crippen LogP contribution >= 0.6 is 31.9 Å². The fourth-order valence-electron chi connectivity index (χ4n) is 3.26. The quantitative estimate of drug-likeness (QED) is 0.391. The molecule has 1 atom stereocenters. The molecule has 11 heteroatoms. The van der Waals surface area contributed by atoms with Crippen molar-refractivity contribution in [3.8, 4) is 5.69 Å². The van der Waals surface area contributed by atoms with Gasteiger partial charge in [0.05, 0.1) is 33.6 Å². The minimum absolute atomic E-state index is 0.000123. The summed E-state index contributed by atoms with van der Waals surface area (Å²) >= 11 is 6.60. The smallest absolute Gasteiger partial charge is 0.220 e. The van der Waals surface area contributed by atoms with Crippen LogP contribution in [0.3, 0.4) is 0 Å². The molecule has 2 aromatic carbocycles. The molecule has 0 saturated heterocycles. The van der Waals surface area contributed by atoms with Gasteiger partial charge in [-0.25, -0.2) is 17.5 Å². The van der Waals surface area contributed by atoms with E-state index in [1.54, 1.807) is 23.0 Å². The van der Waals surface area contributed by atoms with E-state index in [4.69, 9.17) is 0 Å². The van der Waals surface area contributed by atoms with Gasteiger partial charge in [0.15, 0.2) is 9.84 Å². The van der Waals surface area contributed by atoms with Gasteiger partial charge >= 0.3 is 0 Å². The summed E-state index contributed by atoms with van der Waals surface area (Å²) in [6, 6.07) is 10.3. The maximum atomic E-state index is 13.4. The molecule has 33 heavy (non-hydrogen) atoms. The number of sulfone groups is 1. The molecule has 0 aliphatic carbocycles. The van der Waals surface area contributed by atoms with Gasteiger partial charge in [0.1, 0.15) is 5.82 Å². The topological polar surface area (TPSA) is 94.0 Å². The van der Waals surface area contributed by atoms with E-state index in [0.717, 1.165) is 21.3 Å². The molecule has 3 aromatic rings. The van der Waals surface area contributed by atoms with Crippen molar-refractivity contribution >= 4 is 47.6 Å². The number of aromatic nitrogens is 3. The lowest BCUT2D eigenvalue weighted by Gasteiger charge is -2.13. The van der Waals surface area contributed by atoms with Gasteiger partial charge in [-0.2, -0.15) is 0 Å². The second-order valence-corrected chi connectivity index (χ2v) is 11.7. The number of carbonyl (C=O) groups is 1. The zero-order valence-corrected chi connectivity index (χ0v) is 22.0. The van der Waals surface area contributed by atoms with Crippen LogP contribution in [-0.2, 0) is 20.4 Å². The summed E-state index contributed by atoms with van der Waals surface area (Å²) in [5.74, 6) is -1.26. The Bertz CT molecular complexity index is 1260. The second kappa shape index (κ2) is 10.9. The summed E-state index contributed by atoms with van der Waals surface area (Å²) in [6.45, 7) is 3.78. The summed E-state index contributed by atoms with van der Waals surface area (Å²) in [7, 11) is -3.50. The Morgan fingerprint density at radius 3 is 2.70 bits per heavy atom. The van der Waals surface area contributed by atoms with Gasteiger partial charge in [-0.3, -0.25) is 4.79 Å². The van der Waals surface area contributed by atoms with Gasteiger partial charge in [-0.05, 0) is 64.2 Å². The normalized spacial score (nSPS) is 12.5. The highest BCUT2D eigenvalue weighted by Crippen LogP contribution is 2.25. The Kier molecular flexibility index (Phi) is 8.41. The molecule has 0 spiro atoms. The van der Waals surface area contributed by atoms with Gasteiger partial charge in [-0.1, -0.05) is 40.2 Å². The van der Waals surface area contributed by atoms with Gasteiger partial charge in [0.2, 0.25) is 5.91 Å². The third-order valence-electron chi connectivity index (χ3n) is 5.13. The molecular formula is C22H23Br2FN4O3S. The summed E-state index contributed by atoms with van der Waals surface area (Å²) in [5.41, 5.74) is 2.91. The summed E-state index contributed by atoms with van der Waals surface area (Å²) in [6.07, 6.45) is 1.76. The Hall–Kier alpha value is -2.11. The Labute approximate surface area is 208 Å². The number of nitrogens with one attached hydrogen (secondary N) is 1. The van der Waals surface area contributed by atoms with Crippen LogP contribution in [0.15, 0.2) is 51.5 Å². The Morgan fingerprint density at radius 2 is 1.97 bits per heavy atom. The Morgan fingerprint density at radius 1 is 1.21 bits per heavy atom. The van der Waals surface area contributed by atoms with Gasteiger partial charge in [0.25, 0.3) is 0 Å². The lowest BCUT2D eigenvalue weighted by Crippen LogP contribution is -2.30. The summed E-state index contributed by atoms with van der Waals surface area (Å²) < 4.78 is 41.2. The fourth-order valence-corrected chi connectivity index (χ4v) is 5.15. The standard InChI is InChI=1S/C22H23Br2FN4O3S/c1-14(16-6-7-20(25)19(24)11-16)10-22(30)26-8-9-33(31,32)13-17-12-29(28-27-17)21-5-3-4-18(23)15(21)2/h3-7,11-12,14H,8-10,13H2,1-2H3,(H,26,30). The van der Waals surface area contributed by atoms with Crippen LogP contribution in [0.1, 0.15) is 36.1 Å². The van der Waals surface area contributed by atoms with Crippen LogP contribution in [-0.4, -0.2) is 41.6 Å². The third-order valence-corrected chi connectivity index (χ3v) is 8.16. The molecule has 0 aliphatic heterocycles. The highest BCUT2D eigenvalue weighted by molar-refractivity contribution is 9.10. The number of amides is 1. The number of carbonyl (C=O) groups excluding carboxylic acids is 1. The highest BCUT2D eigenvalue weighted by Gasteiger charge is 2.17. The van der Waals surface area contributed by atoms with E-state index in [2.05, 4.69) is 47.5 Å². The average Bonchev–Trinajstić information content (AvgIpc) is 3.19. The predicted octanol–water partition coefficient (Wildman–Crippen LogP) is 4.46. The third kappa shape index (κ3) is 6.94. The molecule has 176 valence electrons. The molecule has 1 N–H and O–H groups in total. The van der Waals surface area contributed by atoms with Crippen molar-refractivity contribution in [2.24, 2.45) is 0 Å². The molecule has 1 unspecified atom stereocenters. The monoisotopic (exact) mass is 600 g/mol. The van der Waals surface area contributed by atoms with Crippen LogP contribution in [0.5, 0.6) is 0 Å². The first kappa shape index (κ1) is 25.5. The van der Waals surface area contributed by atoms with Crippen LogP contribution in [0.2, 0.25) is 0 Å². The molecule has 0 saturated carbocycles. The van der Waals surface area contributed by atoms with Crippen LogP contribution < -0.4 is 5.32 Å². The van der Waals surface area contributed by atoms with Crippen LogP contribution in [0.25, 0.3) is 5.69 Å². The number of rotatable bonds is 9. The van der Waals surface area contributed by atoms with E-state index in [1.165, 1.54) is 6.07 Å². The molecule has 1 aromatic heterocycles. The number of hydrogen-bond donors (Lipinski definition) is 1. The fraction of sp³-hybridized carbons (Fsp3) is 0.318. The van der Waals surface area contributed by atoms with Gasteiger partial charge < -0.3 is 5.32 Å². The molecule has 0 radical (unpaired) electrons. The predicted molar refractivity (Wildman–Crippen MR) is 131 cm³/mol. The van der Waals surface area contributed by atoms with Crippen molar-refractivity contribution in [2.45, 2.75) is 31.9 Å². The number of halogens is 3. The average molecular weight is 602 g/mol. The second-order valence-electron chi connectivity index (χ2n) is 7.76. The Balaban J connectivity index is 1.51. The summed E-state index contributed by atoms with van der Waals surface area (Å²) in [4.78, 5) is 12.2. The molecule has 0 aliphatic rings. The largest absolute Gasteiger partial charge is 0.355 e. The maximum Gasteiger partial charge on any atom is 0.220 e. The van der Waals surface area contributed by atoms with Crippen molar-refractivity contribution in [1.82, 2.24) is 20.3 Å². The van der Waals surface area contributed by atoms with E-state index in [1.807, 2.05) is 32.0 Å². The van der Waals surface area contributed by atoms with Crippen LogP contribution in [0.4, 0.5) is 4.39 Å². The first-order valence-electron chi connectivity index (χ1n) is 10.1. The summed E-state index contributed by atoms with van der Waals surface area (Å²) in [5, 5.41) is 10.7. The molecule has 1 amide bonds. The van der Waals surface area contributed by atoms with Crippen molar-refractivity contribution < 1.29 is 17.6 Å². The van der Waals surface area contributed by atoms with Crippen molar-refractivity contribution in [1.29, 1.82) is 0 Å². The van der Waals surface area contributed by atoms with Crippen molar-refractivity contribution in [3.05, 3.63) is 74.2 Å². The van der Waals surface area contributed by atoms with E-state index in [9.17, 15) is 17.6 Å². The van der Waals surface area contributed by atoms with E-state index >= 15 is 0 Å². The molecule has 0 bridgehead atoms. The highest BCUT2D eigenvalue weighted by atomic mass is 79.9. The van der Waals surface area contributed by atoms with Gasteiger partial charge in [0, 0.05) is 17.4 Å². The molecular weight excluding hydrogens is 579 g/mol. The number of nitrogens with zero attached hydrogens (tertiary/aromatic N) is 3. The van der Waals surface area contributed by atoms with E-state index in [-0.39, 0.29) is 42.1 Å².